The van der Waals surface area contributed by atoms with Crippen LogP contribution in [0.2, 0.25) is 0 Å². The zero-order valence-corrected chi connectivity index (χ0v) is 21.0. The van der Waals surface area contributed by atoms with Gasteiger partial charge >= 0.3 is 12.2 Å². The lowest BCUT2D eigenvalue weighted by Crippen LogP contribution is -2.70. The van der Waals surface area contributed by atoms with E-state index in [1.54, 1.807) is 12.3 Å². The molecule has 3 aromatic heterocycles. The Kier molecular flexibility index (Phi) is 4.51. The monoisotopic (exact) mass is 525 g/mol. The summed E-state index contributed by atoms with van der Waals surface area (Å²) in [5, 5.41) is 7.53. The van der Waals surface area contributed by atoms with E-state index in [0.29, 0.717) is 23.4 Å². The minimum atomic E-state index is -4.44. The Bertz CT molecular complexity index is 1410. The fourth-order valence-electron chi connectivity index (χ4n) is 7.63. The number of likely N-dealkylation sites (tertiary alicyclic amines) is 2. The molecule has 2 aliphatic heterocycles. The number of pyridine rings is 1. The van der Waals surface area contributed by atoms with Gasteiger partial charge in [-0.05, 0) is 62.5 Å². The molecule has 38 heavy (non-hydrogen) atoms. The van der Waals surface area contributed by atoms with Gasteiger partial charge in [0.05, 0.1) is 0 Å². The van der Waals surface area contributed by atoms with Crippen molar-refractivity contribution in [2.75, 3.05) is 26.2 Å². The summed E-state index contributed by atoms with van der Waals surface area (Å²) in [6.07, 6.45) is 5.95. The first-order chi connectivity index (χ1) is 18.2. The van der Waals surface area contributed by atoms with E-state index >= 15 is 0 Å². The standard InChI is InChI=1S/C27H30F3N7O/c28-27(29,30)20-11-35-10-16(1-4-21(35)31-20)5-17-6-25(7-17)12-36(13-25)24(38)37-14-26(15-37)8-19(9-26)23-32-22(33-34-23)18-2-3-18/h1,4,10-11,17-19H,2-3,5-9,12-15H2,(H,32,33,34). The normalized spacial score (nSPS) is 24.4. The van der Waals surface area contributed by atoms with Crippen LogP contribution >= 0.6 is 0 Å². The van der Waals surface area contributed by atoms with Crippen LogP contribution in [0.1, 0.15) is 73.3 Å². The van der Waals surface area contributed by atoms with Gasteiger partial charge < -0.3 is 14.2 Å². The summed E-state index contributed by atoms with van der Waals surface area (Å²) in [6, 6.07) is 3.71. The highest BCUT2D eigenvalue weighted by molar-refractivity contribution is 5.77. The van der Waals surface area contributed by atoms with Crippen LogP contribution in [0.15, 0.2) is 24.5 Å². The molecule has 3 saturated carbocycles. The first kappa shape index (κ1) is 22.8. The Balaban J connectivity index is 0.795. The smallest absolute Gasteiger partial charge is 0.323 e. The summed E-state index contributed by atoms with van der Waals surface area (Å²) in [6.45, 7) is 3.35. The number of nitrogens with one attached hydrogen (secondary N) is 1. The van der Waals surface area contributed by atoms with E-state index < -0.39 is 11.9 Å². The molecule has 2 spiro atoms. The van der Waals surface area contributed by atoms with Gasteiger partial charge in [0.1, 0.15) is 11.5 Å². The topological polar surface area (TPSA) is 82.4 Å². The molecule has 5 aliphatic rings. The Morgan fingerprint density at radius 2 is 1.63 bits per heavy atom. The summed E-state index contributed by atoms with van der Waals surface area (Å²) in [7, 11) is 0. The molecule has 3 aromatic rings. The van der Waals surface area contributed by atoms with Gasteiger partial charge in [-0.25, -0.2) is 14.8 Å². The fourth-order valence-corrected chi connectivity index (χ4v) is 7.63. The Hall–Kier alpha value is -3.11. The van der Waals surface area contributed by atoms with E-state index in [1.807, 2.05) is 15.9 Å². The first-order valence-electron chi connectivity index (χ1n) is 13.7. The third-order valence-corrected chi connectivity index (χ3v) is 9.62. The molecule has 8 nitrogen and oxygen atoms in total. The van der Waals surface area contributed by atoms with E-state index in [-0.39, 0.29) is 16.9 Å². The molecule has 0 radical (unpaired) electrons. The number of carbonyl (C=O) groups is 1. The molecule has 5 heterocycles. The third kappa shape index (κ3) is 3.64. The van der Waals surface area contributed by atoms with Crippen LogP contribution < -0.4 is 0 Å². The van der Waals surface area contributed by atoms with Crippen LogP contribution in [0.5, 0.6) is 0 Å². The molecule has 11 heteroatoms. The predicted molar refractivity (Wildman–Crippen MR) is 130 cm³/mol. The zero-order chi connectivity index (χ0) is 25.9. The number of aromatic nitrogens is 5. The number of amides is 2. The van der Waals surface area contributed by atoms with Gasteiger partial charge in [-0.1, -0.05) is 6.07 Å². The van der Waals surface area contributed by atoms with Crippen molar-refractivity contribution in [3.63, 3.8) is 0 Å². The molecule has 2 saturated heterocycles. The van der Waals surface area contributed by atoms with Crippen molar-refractivity contribution >= 4 is 11.7 Å². The number of rotatable bonds is 4. The molecule has 0 atom stereocenters. The number of imidazole rings is 1. The predicted octanol–water partition coefficient (Wildman–Crippen LogP) is 4.60. The Morgan fingerprint density at radius 1 is 0.947 bits per heavy atom. The second-order valence-corrected chi connectivity index (χ2v) is 12.9. The van der Waals surface area contributed by atoms with Crippen molar-refractivity contribution < 1.29 is 18.0 Å². The second kappa shape index (κ2) is 7.51. The molecular weight excluding hydrogens is 495 g/mol. The highest BCUT2D eigenvalue weighted by atomic mass is 19.4. The van der Waals surface area contributed by atoms with Gasteiger partial charge in [0, 0.05) is 61.2 Å². The molecule has 200 valence electrons. The minimum Gasteiger partial charge on any atom is -0.323 e. The number of urea groups is 1. The summed E-state index contributed by atoms with van der Waals surface area (Å²) in [5.74, 6) is 3.54. The van der Waals surface area contributed by atoms with Gasteiger partial charge in [-0.15, -0.1) is 0 Å². The van der Waals surface area contributed by atoms with E-state index in [9.17, 15) is 18.0 Å². The molecule has 0 unspecified atom stereocenters. The van der Waals surface area contributed by atoms with Crippen molar-refractivity contribution in [2.24, 2.45) is 16.7 Å². The largest absolute Gasteiger partial charge is 0.434 e. The van der Waals surface area contributed by atoms with E-state index in [1.165, 1.54) is 17.2 Å². The maximum Gasteiger partial charge on any atom is 0.434 e. The summed E-state index contributed by atoms with van der Waals surface area (Å²) < 4.78 is 40.3. The number of H-pyrrole nitrogens is 1. The lowest BCUT2D eigenvalue weighted by Gasteiger charge is -2.63. The number of aromatic amines is 1. The molecular formula is C27H30F3N7O. The van der Waals surface area contributed by atoms with Gasteiger partial charge in [-0.2, -0.15) is 18.3 Å². The van der Waals surface area contributed by atoms with Crippen molar-refractivity contribution in [3.05, 3.63) is 47.4 Å². The molecule has 3 aliphatic carbocycles. The quantitative estimate of drug-likeness (QED) is 0.540. The maximum atomic E-state index is 13.0. The van der Waals surface area contributed by atoms with Crippen molar-refractivity contribution in [2.45, 2.75) is 63.0 Å². The number of halogens is 3. The molecule has 1 N–H and O–H groups in total. The van der Waals surface area contributed by atoms with Gasteiger partial charge in [-0.3, -0.25) is 5.10 Å². The fraction of sp³-hybridized carbons (Fsp3) is 0.630. The van der Waals surface area contributed by atoms with Crippen LogP contribution in [0.4, 0.5) is 18.0 Å². The zero-order valence-electron chi connectivity index (χ0n) is 21.0. The van der Waals surface area contributed by atoms with Gasteiger partial charge in [0.2, 0.25) is 0 Å². The van der Waals surface area contributed by atoms with Crippen LogP contribution in [0, 0.1) is 16.7 Å². The molecule has 5 fully saturated rings. The number of carbonyl (C=O) groups excluding carboxylic acids is 1. The number of hydrogen-bond acceptors (Lipinski definition) is 4. The van der Waals surface area contributed by atoms with Gasteiger partial charge in [0.25, 0.3) is 0 Å². The Labute approximate surface area is 217 Å². The van der Waals surface area contributed by atoms with E-state index in [0.717, 1.165) is 81.7 Å². The third-order valence-electron chi connectivity index (χ3n) is 9.62. The SMILES string of the molecule is O=C(N1CC2(CC(Cc3ccc4nc(C(F)(F)F)cn4c3)C2)C1)N1CC2(CC(c3nc(C4CC4)n[nH]3)C2)C1. The average molecular weight is 526 g/mol. The lowest BCUT2D eigenvalue weighted by atomic mass is 9.56. The number of nitrogens with zero attached hydrogens (tertiary/aromatic N) is 6. The molecule has 0 aromatic carbocycles. The van der Waals surface area contributed by atoms with Crippen LogP contribution in [-0.2, 0) is 12.6 Å². The van der Waals surface area contributed by atoms with E-state index in [4.69, 9.17) is 4.98 Å². The lowest BCUT2D eigenvalue weighted by molar-refractivity contribution is -0.140. The minimum absolute atomic E-state index is 0.176. The van der Waals surface area contributed by atoms with Crippen molar-refractivity contribution in [1.29, 1.82) is 0 Å². The first-order valence-corrected chi connectivity index (χ1v) is 13.7. The molecule has 8 rings (SSSR count). The van der Waals surface area contributed by atoms with Crippen LogP contribution in [0.25, 0.3) is 5.65 Å². The summed E-state index contributed by atoms with van der Waals surface area (Å²) >= 11 is 0. The Morgan fingerprint density at radius 3 is 2.29 bits per heavy atom. The van der Waals surface area contributed by atoms with Crippen LogP contribution in [-0.4, -0.2) is 66.6 Å². The number of fused-ring (bicyclic) bond motifs is 1. The summed E-state index contributed by atoms with van der Waals surface area (Å²) in [5.41, 5.74) is 0.978. The maximum absolute atomic E-state index is 13.0. The van der Waals surface area contributed by atoms with Crippen molar-refractivity contribution in [1.82, 2.24) is 34.4 Å². The van der Waals surface area contributed by atoms with E-state index in [2.05, 4.69) is 15.2 Å². The highest BCUT2D eigenvalue weighted by Gasteiger charge is 2.58. The average Bonchev–Trinajstić information content (AvgIpc) is 3.33. The van der Waals surface area contributed by atoms with Crippen molar-refractivity contribution in [3.8, 4) is 0 Å². The molecule has 0 bridgehead atoms. The van der Waals surface area contributed by atoms with Gasteiger partial charge in [0.15, 0.2) is 11.5 Å². The highest BCUT2D eigenvalue weighted by Crippen LogP contribution is 2.57. The number of hydrogen-bond donors (Lipinski definition) is 1. The number of alkyl halides is 3. The summed E-state index contributed by atoms with van der Waals surface area (Å²) in [4.78, 5) is 25.4. The second-order valence-electron chi connectivity index (χ2n) is 12.9. The van der Waals surface area contributed by atoms with Crippen LogP contribution in [0.3, 0.4) is 0 Å². The molecule has 2 amide bonds.